The minimum absolute atomic E-state index is 0.0337. The van der Waals surface area contributed by atoms with Gasteiger partial charge in [-0.25, -0.2) is 18.2 Å². The summed E-state index contributed by atoms with van der Waals surface area (Å²) >= 11 is 0. The molecule has 0 bridgehead atoms. The van der Waals surface area contributed by atoms with Crippen LogP contribution in [0.2, 0.25) is 0 Å². The molecule has 2 fully saturated rings. The average Bonchev–Trinajstić information content (AvgIpc) is 3.67. The van der Waals surface area contributed by atoms with E-state index in [1.54, 1.807) is 20.0 Å². The lowest BCUT2D eigenvalue weighted by atomic mass is 9.85. The predicted molar refractivity (Wildman–Crippen MR) is 167 cm³/mol. The minimum atomic E-state index is -3.26. The number of hydrogen-bond donors (Lipinski definition) is 3. The molecule has 0 spiro atoms. The molecule has 1 saturated carbocycles. The SMILES string of the molecule is C=CN/C(N[C@H](C)c1cccc(C(F)(F)C2CN(C(C)CCCCCC)C2)c1F)=c1/cc(C2(C)CC2)c(=C)nc1NC. The summed E-state index contributed by atoms with van der Waals surface area (Å²) in [6.45, 7) is 16.8. The maximum absolute atomic E-state index is 15.9. The second-order valence-corrected chi connectivity index (χ2v) is 12.5. The number of unbranched alkanes of at least 4 members (excludes halogenated alkanes) is 3. The number of halogens is 3. The highest BCUT2D eigenvalue weighted by Gasteiger charge is 2.50. The highest BCUT2D eigenvalue weighted by atomic mass is 19.3. The third kappa shape index (κ3) is 6.64. The smallest absolute Gasteiger partial charge is 0.281 e. The number of rotatable bonds is 15. The summed E-state index contributed by atoms with van der Waals surface area (Å²) in [6.07, 6.45) is 9.32. The number of hydrogen-bond acceptors (Lipinski definition) is 5. The van der Waals surface area contributed by atoms with Gasteiger partial charge in [0.1, 0.15) is 17.5 Å². The van der Waals surface area contributed by atoms with Crippen LogP contribution in [0.25, 0.3) is 12.4 Å². The number of aromatic nitrogens is 1. The number of nitrogens with one attached hydrogen (secondary N) is 3. The molecular weight excluding hydrogens is 535 g/mol. The Bertz CT molecular complexity index is 1360. The van der Waals surface area contributed by atoms with Gasteiger partial charge in [-0.1, -0.05) is 70.9 Å². The van der Waals surface area contributed by atoms with Gasteiger partial charge in [-0.05, 0) is 56.4 Å². The summed E-state index contributed by atoms with van der Waals surface area (Å²) in [5.74, 6) is -3.86. The molecule has 0 amide bonds. The van der Waals surface area contributed by atoms with E-state index in [1.807, 2.05) is 6.07 Å². The molecule has 1 aromatic heterocycles. The van der Waals surface area contributed by atoms with Crippen molar-refractivity contribution in [1.29, 1.82) is 0 Å². The van der Waals surface area contributed by atoms with Crippen molar-refractivity contribution in [3.8, 4) is 0 Å². The average molecular weight is 584 g/mol. The van der Waals surface area contributed by atoms with Crippen molar-refractivity contribution in [2.24, 2.45) is 5.92 Å². The van der Waals surface area contributed by atoms with Crippen LogP contribution in [0.4, 0.5) is 19.0 Å². The number of anilines is 1. The number of alkyl halides is 2. The standard InChI is InChI=1S/C34H48F3N5/c1-8-10-11-12-14-22(3)42-20-25(21-42)34(36,37)28-16-13-15-26(30(28)35)23(4)40-32(39-9-2)27-19-29(33(6)17-18-33)24(5)41-31(27)38-7/h9,13,15-16,19,22-23,25,39-40H,2,5,8,10-12,14,17-18,20-21H2,1,3-4,6-7H3,(H,38,41)/b32-27+/t22?,23-/m1/s1. The second kappa shape index (κ2) is 13.1. The van der Waals surface area contributed by atoms with Gasteiger partial charge in [-0.2, -0.15) is 0 Å². The van der Waals surface area contributed by atoms with Crippen LogP contribution in [-0.2, 0) is 11.3 Å². The van der Waals surface area contributed by atoms with Crippen LogP contribution < -0.4 is 26.5 Å². The highest BCUT2D eigenvalue weighted by Crippen LogP contribution is 2.46. The molecule has 1 aliphatic carbocycles. The fourth-order valence-corrected chi connectivity index (χ4v) is 6.02. The van der Waals surface area contributed by atoms with Crippen LogP contribution in [0.3, 0.4) is 0 Å². The molecule has 8 heteroatoms. The Balaban J connectivity index is 1.56. The lowest BCUT2D eigenvalue weighted by Crippen LogP contribution is -2.56. The molecule has 1 saturated heterocycles. The Morgan fingerprint density at radius 2 is 1.93 bits per heavy atom. The number of benzene rings is 1. The lowest BCUT2D eigenvalue weighted by molar-refractivity contribution is -0.134. The van der Waals surface area contributed by atoms with E-state index in [9.17, 15) is 0 Å². The van der Waals surface area contributed by atoms with Crippen molar-refractivity contribution in [2.45, 2.75) is 96.1 Å². The number of pyridine rings is 1. The summed E-state index contributed by atoms with van der Waals surface area (Å²) in [5, 5.41) is 11.0. The van der Waals surface area contributed by atoms with Crippen molar-refractivity contribution in [3.63, 3.8) is 0 Å². The fraction of sp³-hybridized carbons (Fsp3) is 0.559. The zero-order valence-corrected chi connectivity index (χ0v) is 25.9. The first-order valence-corrected chi connectivity index (χ1v) is 15.4. The summed E-state index contributed by atoms with van der Waals surface area (Å²) in [4.78, 5) is 6.79. The molecule has 1 aromatic carbocycles. The Morgan fingerprint density at radius 3 is 2.55 bits per heavy atom. The third-order valence-electron chi connectivity index (χ3n) is 9.24. The molecule has 4 rings (SSSR count). The van der Waals surface area contributed by atoms with E-state index in [-0.39, 0.29) is 30.1 Å². The van der Waals surface area contributed by atoms with Gasteiger partial charge in [0.25, 0.3) is 5.92 Å². The lowest BCUT2D eigenvalue weighted by Gasteiger charge is -2.46. The first-order valence-electron chi connectivity index (χ1n) is 15.4. The Labute approximate surface area is 249 Å². The largest absolute Gasteiger partial charge is 0.373 e. The Kier molecular flexibility index (Phi) is 9.96. The van der Waals surface area contributed by atoms with Crippen molar-refractivity contribution in [3.05, 3.63) is 70.1 Å². The molecule has 42 heavy (non-hydrogen) atoms. The van der Waals surface area contributed by atoms with E-state index in [1.165, 1.54) is 37.6 Å². The molecular formula is C34H48F3N5. The Morgan fingerprint density at radius 1 is 1.21 bits per heavy atom. The van der Waals surface area contributed by atoms with Crippen molar-refractivity contribution >= 4 is 18.2 Å². The molecule has 1 aliphatic heterocycles. The second-order valence-electron chi connectivity index (χ2n) is 12.5. The van der Waals surface area contributed by atoms with E-state index in [2.05, 4.69) is 59.8 Å². The third-order valence-corrected chi connectivity index (χ3v) is 9.24. The molecule has 230 valence electrons. The molecule has 1 unspecified atom stereocenters. The highest BCUT2D eigenvalue weighted by molar-refractivity contribution is 5.54. The van der Waals surface area contributed by atoms with E-state index < -0.39 is 29.3 Å². The number of likely N-dealkylation sites (tertiary alicyclic amines) is 1. The van der Waals surface area contributed by atoms with Crippen LogP contribution >= 0.6 is 0 Å². The van der Waals surface area contributed by atoms with E-state index in [0.29, 0.717) is 11.6 Å². The molecule has 2 atom stereocenters. The Hall–Kier alpha value is -3.00. The van der Waals surface area contributed by atoms with Gasteiger partial charge >= 0.3 is 0 Å². The quantitative estimate of drug-likeness (QED) is 0.216. The molecule has 3 N–H and O–H groups in total. The maximum Gasteiger partial charge on any atom is 0.281 e. The predicted octanol–water partition coefficient (Wildman–Crippen LogP) is 6.26. The topological polar surface area (TPSA) is 52.2 Å². The monoisotopic (exact) mass is 583 g/mol. The summed E-state index contributed by atoms with van der Waals surface area (Å²) in [6, 6.07) is 6.02. The zero-order valence-electron chi connectivity index (χ0n) is 25.9. The van der Waals surface area contributed by atoms with Crippen LogP contribution in [0.5, 0.6) is 0 Å². The molecule has 2 aromatic rings. The fourth-order valence-electron chi connectivity index (χ4n) is 6.02. The van der Waals surface area contributed by atoms with Gasteiger partial charge in [0.2, 0.25) is 0 Å². The van der Waals surface area contributed by atoms with Gasteiger partial charge < -0.3 is 16.0 Å². The van der Waals surface area contributed by atoms with Crippen LogP contribution in [0.1, 0.15) is 95.4 Å². The van der Waals surface area contributed by atoms with E-state index >= 15 is 13.2 Å². The van der Waals surface area contributed by atoms with Crippen LogP contribution in [-0.4, -0.2) is 36.1 Å². The first-order chi connectivity index (χ1) is 20.0. The van der Waals surface area contributed by atoms with Crippen LogP contribution in [0.15, 0.2) is 37.0 Å². The summed E-state index contributed by atoms with van der Waals surface area (Å²) in [5.41, 5.74) is 0.742. The van der Waals surface area contributed by atoms with Crippen molar-refractivity contribution in [2.75, 3.05) is 25.5 Å². The molecule has 5 nitrogen and oxygen atoms in total. The maximum atomic E-state index is 15.9. The van der Waals surface area contributed by atoms with Gasteiger partial charge in [0, 0.05) is 31.7 Å². The first kappa shape index (κ1) is 31.9. The molecule has 2 aliphatic rings. The molecule has 2 heterocycles. The summed E-state index contributed by atoms with van der Waals surface area (Å²) < 4.78 is 47.3. The van der Waals surface area contributed by atoms with Crippen molar-refractivity contribution in [1.82, 2.24) is 20.5 Å². The normalized spacial score (nSPS) is 19.0. The number of nitrogens with zero attached hydrogens (tertiary/aromatic N) is 2. The summed E-state index contributed by atoms with van der Waals surface area (Å²) in [7, 11) is 1.78. The van der Waals surface area contributed by atoms with E-state index in [4.69, 9.17) is 0 Å². The van der Waals surface area contributed by atoms with Gasteiger partial charge in [-0.15, -0.1) is 0 Å². The van der Waals surface area contributed by atoms with Crippen molar-refractivity contribution < 1.29 is 13.2 Å². The zero-order chi connectivity index (χ0) is 30.7. The van der Waals surface area contributed by atoms with Gasteiger partial charge in [0.15, 0.2) is 0 Å². The van der Waals surface area contributed by atoms with Crippen LogP contribution in [0, 0.1) is 11.7 Å². The van der Waals surface area contributed by atoms with Gasteiger partial charge in [-0.3, -0.25) is 4.90 Å². The van der Waals surface area contributed by atoms with E-state index in [0.717, 1.165) is 41.8 Å². The minimum Gasteiger partial charge on any atom is -0.373 e. The van der Waals surface area contributed by atoms with Gasteiger partial charge in [0.05, 0.1) is 28.1 Å². The molecule has 0 radical (unpaired) electrons.